The summed E-state index contributed by atoms with van der Waals surface area (Å²) in [6.07, 6.45) is -0.963. The fourth-order valence-electron chi connectivity index (χ4n) is 2.84. The van der Waals surface area contributed by atoms with Crippen molar-refractivity contribution in [1.82, 2.24) is 9.55 Å². The first-order valence-corrected chi connectivity index (χ1v) is 8.88. The number of hydrogen-bond acceptors (Lipinski definition) is 5. The van der Waals surface area contributed by atoms with Crippen LogP contribution in [0.5, 0.6) is 0 Å². The summed E-state index contributed by atoms with van der Waals surface area (Å²) in [4.78, 5) is 40.3. The number of aromatic nitrogens is 2. The van der Waals surface area contributed by atoms with Crippen molar-refractivity contribution in [2.45, 2.75) is 33.4 Å². The molecule has 1 heterocycles. The van der Waals surface area contributed by atoms with Gasteiger partial charge in [0.1, 0.15) is 12.4 Å². The number of esters is 1. The average Bonchev–Trinajstić information content (AvgIpc) is 2.97. The van der Waals surface area contributed by atoms with Crippen LogP contribution in [0.2, 0.25) is 0 Å². The zero-order chi connectivity index (χ0) is 20.3. The molecule has 28 heavy (non-hydrogen) atoms. The number of ether oxygens (including phenoxy) is 1. The number of ketones is 1. The second-order valence-corrected chi connectivity index (χ2v) is 6.49. The molecule has 0 aliphatic carbocycles. The lowest BCUT2D eigenvalue weighted by molar-refractivity contribution is -0.153. The van der Waals surface area contributed by atoms with Crippen LogP contribution in [-0.4, -0.2) is 33.3 Å². The lowest BCUT2D eigenvalue weighted by Gasteiger charge is -2.14. The number of hydrogen-bond donors (Lipinski definition) is 1. The molecule has 1 atom stereocenters. The molecule has 7 nitrogen and oxygen atoms in total. The highest BCUT2D eigenvalue weighted by Gasteiger charge is 2.19. The number of aryl methyl sites for hydroxylation is 1. The summed E-state index contributed by atoms with van der Waals surface area (Å²) in [5.74, 6) is -0.333. The van der Waals surface area contributed by atoms with Crippen LogP contribution in [-0.2, 0) is 20.9 Å². The van der Waals surface area contributed by atoms with Crippen LogP contribution in [0.4, 0.5) is 5.69 Å². The van der Waals surface area contributed by atoms with E-state index in [4.69, 9.17) is 4.74 Å². The molecule has 0 aliphatic rings. The predicted molar refractivity (Wildman–Crippen MR) is 105 cm³/mol. The molecule has 0 unspecified atom stereocenters. The molecule has 1 aromatic heterocycles. The maximum Gasteiger partial charge on any atom is 0.326 e. The van der Waals surface area contributed by atoms with Crippen LogP contribution in [0.1, 0.15) is 30.0 Å². The quantitative estimate of drug-likeness (QED) is 0.525. The first-order valence-electron chi connectivity index (χ1n) is 8.88. The number of nitrogens with zero attached hydrogens (tertiary/aromatic N) is 2. The highest BCUT2D eigenvalue weighted by atomic mass is 16.5. The number of amides is 1. The Labute approximate surface area is 162 Å². The Bertz CT molecular complexity index is 1040. The van der Waals surface area contributed by atoms with Gasteiger partial charge < -0.3 is 14.6 Å². The number of rotatable bonds is 6. The Morgan fingerprint density at radius 3 is 2.46 bits per heavy atom. The number of carbonyl (C=O) groups is 3. The molecule has 2 aromatic carbocycles. The third-order valence-electron chi connectivity index (χ3n) is 4.37. The van der Waals surface area contributed by atoms with Gasteiger partial charge in [-0.05, 0) is 57.2 Å². The number of imidazole rings is 1. The summed E-state index contributed by atoms with van der Waals surface area (Å²) in [6, 6.07) is 14.0. The van der Waals surface area contributed by atoms with Crippen LogP contribution in [0.15, 0.2) is 48.5 Å². The summed E-state index contributed by atoms with van der Waals surface area (Å²) in [7, 11) is 0. The van der Waals surface area contributed by atoms with E-state index >= 15 is 0 Å². The Morgan fingerprint density at radius 2 is 1.79 bits per heavy atom. The largest absolute Gasteiger partial charge is 0.451 e. The van der Waals surface area contributed by atoms with E-state index in [1.807, 2.05) is 31.2 Å². The minimum atomic E-state index is -0.963. The second-order valence-electron chi connectivity index (χ2n) is 6.49. The fourth-order valence-corrected chi connectivity index (χ4v) is 2.84. The Balaban J connectivity index is 1.61. The molecule has 144 valence electrons. The van der Waals surface area contributed by atoms with Crippen molar-refractivity contribution >= 4 is 34.4 Å². The minimum absolute atomic E-state index is 0.0305. The van der Waals surface area contributed by atoms with E-state index in [1.165, 1.54) is 13.8 Å². The van der Waals surface area contributed by atoms with Gasteiger partial charge in [0.2, 0.25) is 0 Å². The molecule has 0 saturated carbocycles. The first kappa shape index (κ1) is 19.3. The van der Waals surface area contributed by atoms with Gasteiger partial charge in [-0.2, -0.15) is 0 Å². The summed E-state index contributed by atoms with van der Waals surface area (Å²) >= 11 is 0. The van der Waals surface area contributed by atoms with Crippen molar-refractivity contribution in [1.29, 1.82) is 0 Å². The molecular weight excluding hydrogens is 358 g/mol. The first-order chi connectivity index (χ1) is 13.3. The number of nitrogens with one attached hydrogen (secondary N) is 1. The third kappa shape index (κ3) is 4.25. The molecule has 0 radical (unpaired) electrons. The Kier molecular flexibility index (Phi) is 5.54. The van der Waals surface area contributed by atoms with Crippen molar-refractivity contribution in [3.63, 3.8) is 0 Å². The normalized spacial score (nSPS) is 11.8. The topological polar surface area (TPSA) is 90.3 Å². The van der Waals surface area contributed by atoms with Crippen molar-refractivity contribution in [2.24, 2.45) is 0 Å². The van der Waals surface area contributed by atoms with E-state index in [-0.39, 0.29) is 12.3 Å². The molecule has 1 amide bonds. The zero-order valence-electron chi connectivity index (χ0n) is 15.9. The van der Waals surface area contributed by atoms with Gasteiger partial charge in [0.25, 0.3) is 5.91 Å². The molecule has 3 aromatic rings. The molecule has 0 spiro atoms. The van der Waals surface area contributed by atoms with Gasteiger partial charge in [0, 0.05) is 11.3 Å². The number of anilines is 1. The standard InChI is InChI=1S/C21H21N3O4/c1-13(25)16-8-10-17(11-9-16)23-21(27)14(2)28-20(26)12-24-15(3)22-18-6-4-5-7-19(18)24/h4-11,14H,12H2,1-3H3,(H,23,27)/t14-/m1/s1. The maximum absolute atomic E-state index is 12.3. The zero-order valence-corrected chi connectivity index (χ0v) is 15.9. The van der Waals surface area contributed by atoms with Crippen molar-refractivity contribution < 1.29 is 19.1 Å². The number of carbonyl (C=O) groups excluding carboxylic acids is 3. The van der Waals surface area contributed by atoms with Crippen molar-refractivity contribution in [3.05, 3.63) is 59.9 Å². The van der Waals surface area contributed by atoms with Crippen LogP contribution < -0.4 is 5.32 Å². The molecule has 3 rings (SSSR count). The smallest absolute Gasteiger partial charge is 0.326 e. The highest BCUT2D eigenvalue weighted by Crippen LogP contribution is 2.16. The molecule has 0 bridgehead atoms. The Morgan fingerprint density at radius 1 is 1.11 bits per heavy atom. The summed E-state index contributed by atoms with van der Waals surface area (Å²) in [5.41, 5.74) is 2.71. The number of benzene rings is 2. The summed E-state index contributed by atoms with van der Waals surface area (Å²) < 4.78 is 7.02. The van der Waals surface area contributed by atoms with Gasteiger partial charge in [-0.25, -0.2) is 4.98 Å². The van der Waals surface area contributed by atoms with Gasteiger partial charge in [-0.1, -0.05) is 12.1 Å². The molecule has 7 heteroatoms. The van der Waals surface area contributed by atoms with E-state index in [1.54, 1.807) is 28.8 Å². The summed E-state index contributed by atoms with van der Waals surface area (Å²) in [6.45, 7) is 4.77. The fraction of sp³-hybridized carbons (Fsp3) is 0.238. The second kappa shape index (κ2) is 8.04. The minimum Gasteiger partial charge on any atom is -0.451 e. The van der Waals surface area contributed by atoms with Crippen LogP contribution in [0, 0.1) is 6.92 Å². The van der Waals surface area contributed by atoms with Crippen molar-refractivity contribution in [2.75, 3.05) is 5.32 Å². The van der Waals surface area contributed by atoms with E-state index in [0.29, 0.717) is 17.1 Å². The highest BCUT2D eigenvalue weighted by molar-refractivity contribution is 5.97. The van der Waals surface area contributed by atoms with E-state index < -0.39 is 18.0 Å². The molecular formula is C21H21N3O4. The van der Waals surface area contributed by atoms with Gasteiger partial charge in [-0.15, -0.1) is 0 Å². The third-order valence-corrected chi connectivity index (χ3v) is 4.37. The van der Waals surface area contributed by atoms with Crippen LogP contribution in [0.3, 0.4) is 0 Å². The van der Waals surface area contributed by atoms with Crippen LogP contribution in [0.25, 0.3) is 11.0 Å². The molecule has 0 saturated heterocycles. The molecule has 1 N–H and O–H groups in total. The lowest BCUT2D eigenvalue weighted by Crippen LogP contribution is -2.31. The number of Topliss-reactive ketones (excluding diaryl/α,β-unsaturated/α-hetero) is 1. The Hall–Kier alpha value is -3.48. The SMILES string of the molecule is CC(=O)c1ccc(NC(=O)[C@@H](C)OC(=O)Cn2c(C)nc3ccccc32)cc1. The molecule has 0 fully saturated rings. The van der Waals surface area contributed by atoms with Gasteiger partial charge in [-0.3, -0.25) is 14.4 Å². The number of fused-ring (bicyclic) bond motifs is 1. The van der Waals surface area contributed by atoms with E-state index in [9.17, 15) is 14.4 Å². The monoisotopic (exact) mass is 379 g/mol. The van der Waals surface area contributed by atoms with E-state index in [2.05, 4.69) is 10.3 Å². The van der Waals surface area contributed by atoms with Gasteiger partial charge in [0.05, 0.1) is 11.0 Å². The number of para-hydroxylation sites is 2. The van der Waals surface area contributed by atoms with Gasteiger partial charge >= 0.3 is 5.97 Å². The van der Waals surface area contributed by atoms with E-state index in [0.717, 1.165) is 11.0 Å². The predicted octanol–water partition coefficient (Wildman–Crippen LogP) is 3.12. The van der Waals surface area contributed by atoms with Gasteiger partial charge in [0.15, 0.2) is 11.9 Å². The summed E-state index contributed by atoms with van der Waals surface area (Å²) in [5, 5.41) is 2.67. The average molecular weight is 379 g/mol. The van der Waals surface area contributed by atoms with Crippen molar-refractivity contribution in [3.8, 4) is 0 Å². The van der Waals surface area contributed by atoms with Crippen LogP contribution >= 0.6 is 0 Å². The lowest BCUT2D eigenvalue weighted by atomic mass is 10.1. The molecule has 0 aliphatic heterocycles. The maximum atomic E-state index is 12.3.